The zero-order valence-corrected chi connectivity index (χ0v) is 16.3. The van der Waals surface area contributed by atoms with Crippen molar-refractivity contribution in [2.24, 2.45) is 4.99 Å². The number of guanidine groups is 1. The summed E-state index contributed by atoms with van der Waals surface area (Å²) >= 11 is 5.95. The molecule has 0 aliphatic carbocycles. The number of carbonyl (C=O) groups is 1. The van der Waals surface area contributed by atoms with Gasteiger partial charge in [-0.25, -0.2) is 4.99 Å². The Morgan fingerprint density at radius 1 is 1.32 bits per heavy atom. The molecule has 0 aromatic heterocycles. The van der Waals surface area contributed by atoms with Crippen LogP contribution in [0.5, 0.6) is 0 Å². The van der Waals surface area contributed by atoms with Crippen molar-refractivity contribution in [3.63, 3.8) is 0 Å². The van der Waals surface area contributed by atoms with E-state index in [0.29, 0.717) is 5.96 Å². The van der Waals surface area contributed by atoms with Crippen molar-refractivity contribution in [3.05, 3.63) is 34.9 Å². The van der Waals surface area contributed by atoms with Crippen LogP contribution in [0.2, 0.25) is 5.02 Å². The maximum Gasteiger partial charge on any atom is 0.243 e. The highest BCUT2D eigenvalue weighted by Crippen LogP contribution is 2.10. The van der Waals surface area contributed by atoms with Gasteiger partial charge < -0.3 is 15.5 Å². The van der Waals surface area contributed by atoms with Gasteiger partial charge in [0.05, 0.1) is 0 Å². The molecular formula is C15H24ClIN4O. The van der Waals surface area contributed by atoms with Gasteiger partial charge in [-0.3, -0.25) is 4.79 Å². The maximum atomic E-state index is 11.5. The highest BCUT2D eigenvalue weighted by atomic mass is 127. The first-order chi connectivity index (χ1) is 10.0. The Labute approximate surface area is 154 Å². The minimum Gasteiger partial charge on any atom is -0.357 e. The van der Waals surface area contributed by atoms with Crippen LogP contribution >= 0.6 is 35.6 Å². The maximum absolute atomic E-state index is 11.5. The van der Waals surface area contributed by atoms with Crippen molar-refractivity contribution in [3.8, 4) is 0 Å². The Balaban J connectivity index is 0.00000441. The molecule has 0 saturated heterocycles. The molecule has 7 heteroatoms. The summed E-state index contributed by atoms with van der Waals surface area (Å²) in [5, 5.41) is 7.07. The first kappa shape index (κ1) is 21.0. The molecule has 0 saturated carbocycles. The molecule has 0 radical (unpaired) electrons. The molecule has 0 spiro atoms. The number of nitrogens with one attached hydrogen (secondary N) is 2. The van der Waals surface area contributed by atoms with E-state index in [1.807, 2.05) is 31.2 Å². The van der Waals surface area contributed by atoms with E-state index in [9.17, 15) is 4.79 Å². The van der Waals surface area contributed by atoms with E-state index in [1.54, 1.807) is 14.1 Å². The fourth-order valence-electron chi connectivity index (χ4n) is 1.65. The van der Waals surface area contributed by atoms with Gasteiger partial charge in [0.25, 0.3) is 0 Å². The summed E-state index contributed by atoms with van der Waals surface area (Å²) < 4.78 is 0. The lowest BCUT2D eigenvalue weighted by atomic mass is 10.1. The highest BCUT2D eigenvalue weighted by molar-refractivity contribution is 14.0. The molecule has 0 bridgehead atoms. The van der Waals surface area contributed by atoms with Gasteiger partial charge in [0, 0.05) is 32.2 Å². The normalized spacial score (nSPS) is 10.6. The zero-order valence-electron chi connectivity index (χ0n) is 13.2. The quantitative estimate of drug-likeness (QED) is 0.406. The fourth-order valence-corrected chi connectivity index (χ4v) is 1.86. The van der Waals surface area contributed by atoms with Crippen molar-refractivity contribution in [2.75, 3.05) is 33.7 Å². The Morgan fingerprint density at radius 2 is 2.05 bits per heavy atom. The van der Waals surface area contributed by atoms with Crippen molar-refractivity contribution in [1.29, 1.82) is 0 Å². The van der Waals surface area contributed by atoms with E-state index in [0.717, 1.165) is 30.1 Å². The monoisotopic (exact) mass is 438 g/mol. The van der Waals surface area contributed by atoms with E-state index >= 15 is 0 Å². The molecule has 0 unspecified atom stereocenters. The number of carbonyl (C=O) groups excluding carboxylic acids is 1. The van der Waals surface area contributed by atoms with Crippen LogP contribution in [0.15, 0.2) is 29.3 Å². The minimum absolute atomic E-state index is 0. The molecule has 0 aliphatic heterocycles. The van der Waals surface area contributed by atoms with Crippen LogP contribution in [0.3, 0.4) is 0 Å². The Kier molecular flexibility index (Phi) is 11.0. The molecular weight excluding hydrogens is 415 g/mol. The summed E-state index contributed by atoms with van der Waals surface area (Å²) in [4.78, 5) is 17.3. The molecule has 0 heterocycles. The number of hydrogen-bond donors (Lipinski definition) is 2. The number of halogens is 2. The molecule has 1 amide bonds. The molecule has 124 valence electrons. The van der Waals surface area contributed by atoms with Crippen LogP contribution in [-0.2, 0) is 11.2 Å². The summed E-state index contributed by atoms with van der Waals surface area (Å²) in [6, 6.07) is 7.78. The van der Waals surface area contributed by atoms with Crippen molar-refractivity contribution in [1.82, 2.24) is 15.5 Å². The number of nitrogens with zero attached hydrogens (tertiary/aromatic N) is 2. The third kappa shape index (κ3) is 8.43. The summed E-state index contributed by atoms with van der Waals surface area (Å²) in [7, 11) is 3.44. The van der Waals surface area contributed by atoms with Gasteiger partial charge in [0.1, 0.15) is 6.54 Å². The van der Waals surface area contributed by atoms with E-state index in [2.05, 4.69) is 15.6 Å². The van der Waals surface area contributed by atoms with Crippen LogP contribution in [-0.4, -0.2) is 50.5 Å². The third-order valence-electron chi connectivity index (χ3n) is 2.81. The van der Waals surface area contributed by atoms with Crippen LogP contribution in [0.1, 0.15) is 12.5 Å². The van der Waals surface area contributed by atoms with Gasteiger partial charge in [-0.05, 0) is 31.0 Å². The highest BCUT2D eigenvalue weighted by Gasteiger charge is 2.04. The molecule has 0 atom stereocenters. The van der Waals surface area contributed by atoms with Crippen molar-refractivity contribution >= 4 is 47.4 Å². The van der Waals surface area contributed by atoms with E-state index < -0.39 is 0 Å². The number of hydrogen-bond acceptors (Lipinski definition) is 2. The van der Waals surface area contributed by atoms with Crippen molar-refractivity contribution < 1.29 is 4.79 Å². The summed E-state index contributed by atoms with van der Waals surface area (Å²) in [5.41, 5.74) is 1.16. The molecule has 5 nitrogen and oxygen atoms in total. The largest absolute Gasteiger partial charge is 0.357 e. The van der Waals surface area contributed by atoms with Gasteiger partial charge in [-0.2, -0.15) is 0 Å². The van der Waals surface area contributed by atoms with E-state index in [-0.39, 0.29) is 36.4 Å². The number of likely N-dealkylation sites (N-methyl/N-ethyl adjacent to an activating group) is 1. The predicted octanol–water partition coefficient (Wildman–Crippen LogP) is 2.14. The number of aliphatic imine (C=N–C) groups is 1. The first-order valence-electron chi connectivity index (χ1n) is 6.99. The smallest absolute Gasteiger partial charge is 0.243 e. The van der Waals surface area contributed by atoms with Crippen LogP contribution in [0.4, 0.5) is 0 Å². The van der Waals surface area contributed by atoms with Gasteiger partial charge in [0.2, 0.25) is 5.91 Å². The van der Waals surface area contributed by atoms with Gasteiger partial charge in [0.15, 0.2) is 5.96 Å². The lowest BCUT2D eigenvalue weighted by Gasteiger charge is -2.12. The number of benzene rings is 1. The molecule has 22 heavy (non-hydrogen) atoms. The molecule has 0 aliphatic rings. The number of amides is 1. The molecule has 1 aromatic rings. The van der Waals surface area contributed by atoms with Crippen LogP contribution < -0.4 is 10.6 Å². The minimum atomic E-state index is -0.0259. The SMILES string of the molecule is CCNC(=NCC(=O)N(C)C)NCCc1cccc(Cl)c1.I. The summed E-state index contributed by atoms with van der Waals surface area (Å²) in [5.74, 6) is 0.622. The average molecular weight is 439 g/mol. The van der Waals surface area contributed by atoms with E-state index in [4.69, 9.17) is 11.6 Å². The fraction of sp³-hybridized carbons (Fsp3) is 0.467. The molecule has 1 rings (SSSR count). The average Bonchev–Trinajstić information content (AvgIpc) is 2.44. The standard InChI is InChI=1S/C15H23ClN4O.HI/c1-4-17-15(19-11-14(21)20(2)3)18-9-8-12-6-5-7-13(16)10-12;/h5-7,10H,4,8-9,11H2,1-3H3,(H2,17,18,19);1H. The van der Waals surface area contributed by atoms with Crippen LogP contribution in [0, 0.1) is 0 Å². The second kappa shape index (κ2) is 11.5. The second-order valence-electron chi connectivity index (χ2n) is 4.79. The van der Waals surface area contributed by atoms with Gasteiger partial charge >= 0.3 is 0 Å². The van der Waals surface area contributed by atoms with Crippen molar-refractivity contribution in [2.45, 2.75) is 13.3 Å². The van der Waals surface area contributed by atoms with Crippen LogP contribution in [0.25, 0.3) is 0 Å². The first-order valence-corrected chi connectivity index (χ1v) is 7.37. The number of rotatable bonds is 6. The van der Waals surface area contributed by atoms with Gasteiger partial charge in [-0.15, -0.1) is 24.0 Å². The zero-order chi connectivity index (χ0) is 15.7. The lowest BCUT2D eigenvalue weighted by molar-refractivity contribution is -0.127. The predicted molar refractivity (Wildman–Crippen MR) is 103 cm³/mol. The molecule has 1 aromatic carbocycles. The Morgan fingerprint density at radius 3 is 2.64 bits per heavy atom. The summed E-state index contributed by atoms with van der Waals surface area (Å²) in [6.45, 7) is 3.60. The topological polar surface area (TPSA) is 56.7 Å². The Hall–Kier alpha value is -1.02. The Bertz CT molecular complexity index is 494. The third-order valence-corrected chi connectivity index (χ3v) is 3.05. The molecule has 0 fully saturated rings. The van der Waals surface area contributed by atoms with E-state index in [1.165, 1.54) is 4.90 Å². The second-order valence-corrected chi connectivity index (χ2v) is 5.23. The lowest BCUT2D eigenvalue weighted by Crippen LogP contribution is -2.39. The van der Waals surface area contributed by atoms with Gasteiger partial charge in [-0.1, -0.05) is 23.7 Å². The summed E-state index contributed by atoms with van der Waals surface area (Å²) in [6.07, 6.45) is 0.840. The molecule has 2 N–H and O–H groups in total.